The molecular formula is C27H27F4N5O3S. The molecule has 1 atom stereocenters. The van der Waals surface area contributed by atoms with Crippen LogP contribution in [0.2, 0.25) is 0 Å². The van der Waals surface area contributed by atoms with E-state index in [-0.39, 0.29) is 24.8 Å². The molecule has 1 aliphatic heterocycles. The summed E-state index contributed by atoms with van der Waals surface area (Å²) in [5, 5.41) is 14.7. The zero-order chi connectivity index (χ0) is 29.0. The second-order valence-corrected chi connectivity index (χ2v) is 11.9. The Morgan fingerprint density at radius 3 is 2.48 bits per heavy atom. The lowest BCUT2D eigenvalue weighted by Gasteiger charge is -2.41. The van der Waals surface area contributed by atoms with Crippen molar-refractivity contribution in [3.63, 3.8) is 0 Å². The molecule has 40 heavy (non-hydrogen) atoms. The summed E-state index contributed by atoms with van der Waals surface area (Å²) in [7, 11) is -1.84. The van der Waals surface area contributed by atoms with Gasteiger partial charge < -0.3 is 10.0 Å². The Labute approximate surface area is 228 Å². The number of benzene rings is 2. The van der Waals surface area contributed by atoms with Crippen LogP contribution in [0.4, 0.5) is 23.4 Å². The van der Waals surface area contributed by atoms with Crippen molar-refractivity contribution >= 4 is 26.7 Å². The molecule has 1 saturated heterocycles. The SMILES string of the molecule is Cc1c(C(F)(F)F)cc(-c2nn(C)c3cc(N4CCN(S(C)(=O)=O)C[C@H]4Cc4ccccc4)ncc23)c(F)c1O. The Kier molecular flexibility index (Phi) is 6.99. The number of pyridine rings is 1. The molecule has 0 bridgehead atoms. The first-order valence-corrected chi connectivity index (χ1v) is 14.3. The molecule has 0 amide bonds. The molecule has 0 aliphatic carbocycles. The first kappa shape index (κ1) is 27.8. The van der Waals surface area contributed by atoms with Crippen LogP contribution < -0.4 is 4.90 Å². The van der Waals surface area contributed by atoms with Crippen LogP contribution >= 0.6 is 0 Å². The van der Waals surface area contributed by atoms with E-state index in [1.807, 2.05) is 35.2 Å². The van der Waals surface area contributed by atoms with E-state index in [1.165, 1.54) is 21.4 Å². The third-order valence-corrected chi connectivity index (χ3v) is 8.57. The number of rotatable bonds is 5. The average Bonchev–Trinajstić information content (AvgIpc) is 3.22. The maximum Gasteiger partial charge on any atom is 0.416 e. The Bertz CT molecular complexity index is 1690. The first-order valence-electron chi connectivity index (χ1n) is 12.4. The highest BCUT2D eigenvalue weighted by atomic mass is 32.2. The van der Waals surface area contributed by atoms with Gasteiger partial charge in [0, 0.05) is 61.5 Å². The molecule has 1 aliphatic rings. The van der Waals surface area contributed by atoms with Crippen LogP contribution in [0.3, 0.4) is 0 Å². The number of nitrogens with zero attached hydrogens (tertiary/aromatic N) is 5. The van der Waals surface area contributed by atoms with Gasteiger partial charge in [0.2, 0.25) is 10.0 Å². The van der Waals surface area contributed by atoms with Crippen molar-refractivity contribution in [3.05, 3.63) is 71.2 Å². The van der Waals surface area contributed by atoms with Crippen LogP contribution in [0, 0.1) is 12.7 Å². The van der Waals surface area contributed by atoms with Gasteiger partial charge in [-0.1, -0.05) is 30.3 Å². The highest BCUT2D eigenvalue weighted by Crippen LogP contribution is 2.42. The third kappa shape index (κ3) is 5.10. The lowest BCUT2D eigenvalue weighted by molar-refractivity contribution is -0.138. The molecule has 3 heterocycles. The second kappa shape index (κ2) is 10.0. The molecule has 5 rings (SSSR count). The van der Waals surface area contributed by atoms with Crippen molar-refractivity contribution in [1.82, 2.24) is 19.1 Å². The predicted octanol–water partition coefficient (Wildman–Crippen LogP) is 4.50. The fourth-order valence-electron chi connectivity index (χ4n) is 5.19. The minimum absolute atomic E-state index is 0.0856. The summed E-state index contributed by atoms with van der Waals surface area (Å²) in [6.45, 7) is 1.88. The van der Waals surface area contributed by atoms with Gasteiger partial charge in [0.05, 0.1) is 17.3 Å². The molecule has 0 radical (unpaired) electrons. The molecule has 13 heteroatoms. The molecule has 0 unspecified atom stereocenters. The van der Waals surface area contributed by atoms with Crippen LogP contribution in [-0.4, -0.2) is 64.5 Å². The number of piperazine rings is 1. The van der Waals surface area contributed by atoms with Gasteiger partial charge in [-0.05, 0) is 25.0 Å². The summed E-state index contributed by atoms with van der Waals surface area (Å²) in [5.74, 6) is -1.76. The van der Waals surface area contributed by atoms with Crippen molar-refractivity contribution < 1.29 is 31.1 Å². The smallest absolute Gasteiger partial charge is 0.416 e. The molecule has 8 nitrogen and oxygen atoms in total. The van der Waals surface area contributed by atoms with Gasteiger partial charge in [-0.3, -0.25) is 4.68 Å². The molecule has 1 fully saturated rings. The number of halogens is 4. The average molecular weight is 578 g/mol. The van der Waals surface area contributed by atoms with Crippen molar-refractivity contribution in [2.24, 2.45) is 7.05 Å². The zero-order valence-corrected chi connectivity index (χ0v) is 22.8. The standard InChI is InChI=1S/C27H27F4N5O3S/c1-16-21(27(29,30)31)12-19(24(28)26(16)37)25-20-14-32-23(13-22(20)34(2)33-25)36-10-9-35(40(3,38)39)15-18(36)11-17-7-5-4-6-8-17/h4-8,12-14,18,37H,9-11,15H2,1-3H3/t18-/m1/s1. The molecule has 2 aromatic heterocycles. The van der Waals surface area contributed by atoms with Crippen molar-refractivity contribution in [2.75, 3.05) is 30.8 Å². The van der Waals surface area contributed by atoms with E-state index >= 15 is 4.39 Å². The van der Waals surface area contributed by atoms with E-state index < -0.39 is 44.5 Å². The van der Waals surface area contributed by atoms with Gasteiger partial charge in [-0.2, -0.15) is 22.6 Å². The molecular weight excluding hydrogens is 550 g/mol. The maximum absolute atomic E-state index is 15.1. The zero-order valence-electron chi connectivity index (χ0n) is 21.9. The van der Waals surface area contributed by atoms with Gasteiger partial charge in [0.25, 0.3) is 0 Å². The van der Waals surface area contributed by atoms with E-state index in [0.717, 1.165) is 12.5 Å². The number of phenols is 1. The molecule has 212 valence electrons. The van der Waals surface area contributed by atoms with E-state index in [9.17, 15) is 26.7 Å². The molecule has 4 aromatic rings. The number of fused-ring (bicyclic) bond motifs is 1. The fourth-order valence-corrected chi connectivity index (χ4v) is 6.05. The van der Waals surface area contributed by atoms with Gasteiger partial charge >= 0.3 is 6.18 Å². The van der Waals surface area contributed by atoms with Crippen LogP contribution in [0.1, 0.15) is 16.7 Å². The summed E-state index contributed by atoms with van der Waals surface area (Å²) >= 11 is 0. The Balaban J connectivity index is 1.57. The Morgan fingerprint density at radius 2 is 1.82 bits per heavy atom. The highest BCUT2D eigenvalue weighted by Gasteiger charge is 2.36. The van der Waals surface area contributed by atoms with Gasteiger partial charge in [-0.25, -0.2) is 17.8 Å². The number of hydrogen-bond acceptors (Lipinski definition) is 6. The van der Waals surface area contributed by atoms with Gasteiger partial charge in [0.15, 0.2) is 11.6 Å². The fraction of sp³-hybridized carbons (Fsp3) is 0.333. The normalized spacial score (nSPS) is 17.1. The van der Waals surface area contributed by atoms with Crippen LogP contribution in [0.5, 0.6) is 5.75 Å². The monoisotopic (exact) mass is 577 g/mol. The molecule has 0 spiro atoms. The van der Waals surface area contributed by atoms with E-state index in [2.05, 4.69) is 10.1 Å². The van der Waals surface area contributed by atoms with E-state index in [4.69, 9.17) is 0 Å². The number of aromatic nitrogens is 3. The number of hydrogen-bond donors (Lipinski definition) is 1. The second-order valence-electron chi connectivity index (χ2n) is 9.95. The summed E-state index contributed by atoms with van der Waals surface area (Å²) in [4.78, 5) is 6.55. The van der Waals surface area contributed by atoms with Crippen molar-refractivity contribution in [1.29, 1.82) is 0 Å². The quantitative estimate of drug-likeness (QED) is 0.352. The minimum Gasteiger partial charge on any atom is -0.505 e. The maximum atomic E-state index is 15.1. The van der Waals surface area contributed by atoms with Crippen LogP contribution in [-0.2, 0) is 29.7 Å². The number of aryl methyl sites for hydroxylation is 1. The van der Waals surface area contributed by atoms with Gasteiger partial charge in [-0.15, -0.1) is 0 Å². The predicted molar refractivity (Wildman–Crippen MR) is 143 cm³/mol. The lowest BCUT2D eigenvalue weighted by Crippen LogP contribution is -2.55. The lowest BCUT2D eigenvalue weighted by atomic mass is 9.99. The third-order valence-electron chi connectivity index (χ3n) is 7.30. The number of phenolic OH excluding ortho intramolecular Hbond substituents is 1. The summed E-state index contributed by atoms with van der Waals surface area (Å²) < 4.78 is 83.4. The van der Waals surface area contributed by atoms with Crippen LogP contribution in [0.15, 0.2) is 48.7 Å². The molecule has 0 saturated carbocycles. The summed E-state index contributed by atoms with van der Waals surface area (Å²) in [5.41, 5.74) is -0.829. The Morgan fingerprint density at radius 1 is 1.12 bits per heavy atom. The molecule has 2 aromatic carbocycles. The first-order chi connectivity index (χ1) is 18.8. The number of aromatic hydroxyl groups is 1. The minimum atomic E-state index is -4.80. The number of sulfonamides is 1. The summed E-state index contributed by atoms with van der Waals surface area (Å²) in [6, 6.07) is 11.7. The van der Waals surface area contributed by atoms with Crippen molar-refractivity contribution in [2.45, 2.75) is 25.6 Å². The number of alkyl halides is 3. The topological polar surface area (TPSA) is 91.6 Å². The summed E-state index contributed by atoms with van der Waals surface area (Å²) in [6.07, 6.45) is -1.66. The highest BCUT2D eigenvalue weighted by molar-refractivity contribution is 7.88. The largest absolute Gasteiger partial charge is 0.505 e. The van der Waals surface area contributed by atoms with E-state index in [1.54, 1.807) is 13.1 Å². The number of anilines is 1. The van der Waals surface area contributed by atoms with Gasteiger partial charge in [0.1, 0.15) is 11.5 Å². The molecule has 1 N–H and O–H groups in total. The van der Waals surface area contributed by atoms with Crippen molar-refractivity contribution in [3.8, 4) is 17.0 Å². The van der Waals surface area contributed by atoms with Crippen LogP contribution in [0.25, 0.3) is 22.2 Å². The van der Waals surface area contributed by atoms with E-state index in [0.29, 0.717) is 35.8 Å². The Hall–Kier alpha value is -3.71.